The summed E-state index contributed by atoms with van der Waals surface area (Å²) in [6.07, 6.45) is 0. The van der Waals surface area contributed by atoms with Gasteiger partial charge in [0, 0.05) is 11.6 Å². The smallest absolute Gasteiger partial charge is 0.358 e. The molecule has 1 rings (SSSR count). The van der Waals surface area contributed by atoms with Crippen molar-refractivity contribution in [3.63, 3.8) is 0 Å². The van der Waals surface area contributed by atoms with Crippen molar-refractivity contribution in [2.24, 2.45) is 0 Å². The highest BCUT2D eigenvalue weighted by Crippen LogP contribution is 2.13. The Bertz CT molecular complexity index is 301. The Hall–Kier alpha value is -1.52. The first-order chi connectivity index (χ1) is 5.11. The molecule has 0 amide bonds. The van der Waals surface area contributed by atoms with E-state index in [1.807, 2.05) is 0 Å². The summed E-state index contributed by atoms with van der Waals surface area (Å²) in [7, 11) is 0. The number of aryl methyl sites for hydroxylation is 1. The molecule has 0 N–H and O–H groups in total. The Labute approximate surface area is 61.8 Å². The van der Waals surface area contributed by atoms with E-state index in [9.17, 15) is 14.5 Å². The molecule has 0 bridgehead atoms. The lowest BCUT2D eigenvalue weighted by molar-refractivity contribution is -0.390. The van der Waals surface area contributed by atoms with Gasteiger partial charge in [0.25, 0.3) is 0 Å². The molecule has 1 heterocycles. The molecule has 0 unspecified atom stereocenters. The van der Waals surface area contributed by atoms with Crippen LogP contribution in [0, 0.1) is 23.0 Å². The minimum atomic E-state index is -0.831. The molecule has 1 aromatic rings. The Morgan fingerprint density at radius 1 is 1.64 bits per heavy atom. The third-order valence-corrected chi connectivity index (χ3v) is 1.21. The molecule has 0 spiro atoms. The summed E-state index contributed by atoms with van der Waals surface area (Å²) in [6.45, 7) is 1.50. The molecule has 0 radical (unpaired) electrons. The second-order valence-corrected chi connectivity index (χ2v) is 2.03. The minimum absolute atomic E-state index is 0.358. The Balaban J connectivity index is 3.23. The summed E-state index contributed by atoms with van der Waals surface area (Å²) >= 11 is 0. The van der Waals surface area contributed by atoms with E-state index < -0.39 is 16.7 Å². The third kappa shape index (κ3) is 1.49. The molecule has 5 heteroatoms. The van der Waals surface area contributed by atoms with Crippen LogP contribution in [0.25, 0.3) is 0 Å². The Kier molecular flexibility index (Phi) is 1.80. The van der Waals surface area contributed by atoms with Crippen LogP contribution in [0.1, 0.15) is 5.56 Å². The Morgan fingerprint density at radius 2 is 2.27 bits per heavy atom. The maximum absolute atomic E-state index is 12.3. The second kappa shape index (κ2) is 2.61. The molecule has 0 aliphatic heterocycles. The zero-order chi connectivity index (χ0) is 8.43. The molecule has 0 atom stereocenters. The van der Waals surface area contributed by atoms with E-state index in [1.54, 1.807) is 0 Å². The second-order valence-electron chi connectivity index (χ2n) is 2.03. The topological polar surface area (TPSA) is 56.0 Å². The van der Waals surface area contributed by atoms with Gasteiger partial charge in [-0.2, -0.15) is 4.39 Å². The van der Waals surface area contributed by atoms with Crippen molar-refractivity contribution in [1.29, 1.82) is 0 Å². The van der Waals surface area contributed by atoms with Crippen LogP contribution in [0.3, 0.4) is 0 Å². The number of nitro groups is 1. The minimum Gasteiger partial charge on any atom is -0.358 e. The first-order valence-electron chi connectivity index (χ1n) is 2.89. The van der Waals surface area contributed by atoms with Gasteiger partial charge in [0.05, 0.1) is 0 Å². The summed E-state index contributed by atoms with van der Waals surface area (Å²) in [5, 5.41) is 10.2. The molecule has 0 aromatic carbocycles. The molecular weight excluding hydrogens is 151 g/mol. The maximum atomic E-state index is 12.3. The largest absolute Gasteiger partial charge is 0.369 e. The number of hydrogen-bond acceptors (Lipinski definition) is 3. The SMILES string of the molecule is Cc1ccc(F)nc1[N+](=O)[O-]. The predicted molar refractivity (Wildman–Crippen MR) is 35.6 cm³/mol. The first-order valence-corrected chi connectivity index (χ1v) is 2.89. The highest BCUT2D eigenvalue weighted by molar-refractivity contribution is 5.29. The van der Waals surface area contributed by atoms with Crippen molar-refractivity contribution in [2.75, 3.05) is 0 Å². The van der Waals surface area contributed by atoms with E-state index in [2.05, 4.69) is 4.98 Å². The maximum Gasteiger partial charge on any atom is 0.369 e. The molecular formula is C6H5FN2O2. The summed E-state index contributed by atoms with van der Waals surface area (Å²) in [4.78, 5) is 12.5. The summed E-state index contributed by atoms with van der Waals surface area (Å²) in [6, 6.07) is 2.41. The van der Waals surface area contributed by atoms with Crippen LogP contribution < -0.4 is 0 Å². The van der Waals surface area contributed by atoms with E-state index in [0.29, 0.717) is 5.56 Å². The van der Waals surface area contributed by atoms with Crippen molar-refractivity contribution in [3.8, 4) is 0 Å². The van der Waals surface area contributed by atoms with Gasteiger partial charge in [0.2, 0.25) is 0 Å². The van der Waals surface area contributed by atoms with Gasteiger partial charge in [0.15, 0.2) is 0 Å². The number of nitrogens with zero attached hydrogens (tertiary/aromatic N) is 2. The van der Waals surface area contributed by atoms with Gasteiger partial charge < -0.3 is 10.1 Å². The highest BCUT2D eigenvalue weighted by atomic mass is 19.1. The van der Waals surface area contributed by atoms with E-state index in [-0.39, 0.29) is 0 Å². The van der Waals surface area contributed by atoms with Gasteiger partial charge in [-0.3, -0.25) is 0 Å². The number of aromatic nitrogens is 1. The first kappa shape index (κ1) is 7.59. The summed E-state index contributed by atoms with van der Waals surface area (Å²) in [5.41, 5.74) is 0.358. The van der Waals surface area contributed by atoms with Crippen LogP contribution >= 0.6 is 0 Å². The number of halogens is 1. The lowest BCUT2D eigenvalue weighted by Crippen LogP contribution is -1.96. The fraction of sp³-hybridized carbons (Fsp3) is 0.167. The van der Waals surface area contributed by atoms with E-state index >= 15 is 0 Å². The molecule has 0 saturated heterocycles. The van der Waals surface area contributed by atoms with Gasteiger partial charge in [-0.15, -0.1) is 0 Å². The van der Waals surface area contributed by atoms with Gasteiger partial charge in [-0.05, 0) is 22.9 Å². The van der Waals surface area contributed by atoms with Crippen molar-refractivity contribution in [1.82, 2.24) is 4.98 Å². The van der Waals surface area contributed by atoms with E-state index in [4.69, 9.17) is 0 Å². The fourth-order valence-electron chi connectivity index (χ4n) is 0.680. The summed E-state index contributed by atoms with van der Waals surface area (Å²) < 4.78 is 12.3. The molecule has 11 heavy (non-hydrogen) atoms. The molecule has 0 aliphatic carbocycles. The quantitative estimate of drug-likeness (QED) is 0.351. The fourth-order valence-corrected chi connectivity index (χ4v) is 0.680. The zero-order valence-corrected chi connectivity index (χ0v) is 5.74. The van der Waals surface area contributed by atoms with Crippen LogP contribution in [-0.4, -0.2) is 9.91 Å². The molecule has 4 nitrogen and oxygen atoms in total. The van der Waals surface area contributed by atoms with Crippen molar-refractivity contribution >= 4 is 5.82 Å². The van der Waals surface area contributed by atoms with Gasteiger partial charge in [-0.25, -0.2) is 0 Å². The van der Waals surface area contributed by atoms with Crippen LogP contribution in [0.4, 0.5) is 10.2 Å². The van der Waals surface area contributed by atoms with Gasteiger partial charge in [0.1, 0.15) is 0 Å². The van der Waals surface area contributed by atoms with Crippen molar-refractivity contribution in [2.45, 2.75) is 6.92 Å². The van der Waals surface area contributed by atoms with Gasteiger partial charge >= 0.3 is 11.8 Å². The van der Waals surface area contributed by atoms with E-state index in [1.165, 1.54) is 13.0 Å². The average molecular weight is 156 g/mol. The Morgan fingerprint density at radius 3 is 2.73 bits per heavy atom. The molecule has 1 aromatic heterocycles. The monoisotopic (exact) mass is 156 g/mol. The molecule has 0 aliphatic rings. The van der Waals surface area contributed by atoms with Crippen LogP contribution in [0.5, 0.6) is 0 Å². The summed E-state index contributed by atoms with van der Waals surface area (Å²) in [5.74, 6) is -1.26. The lowest BCUT2D eigenvalue weighted by atomic mass is 10.3. The highest BCUT2D eigenvalue weighted by Gasteiger charge is 2.13. The van der Waals surface area contributed by atoms with Crippen LogP contribution in [0.15, 0.2) is 12.1 Å². The molecule has 0 fully saturated rings. The number of pyridine rings is 1. The van der Waals surface area contributed by atoms with E-state index in [0.717, 1.165) is 6.07 Å². The van der Waals surface area contributed by atoms with Crippen molar-refractivity contribution in [3.05, 3.63) is 33.8 Å². The average Bonchev–Trinajstić information content (AvgIpc) is 1.94. The lowest BCUT2D eigenvalue weighted by Gasteiger charge is -1.93. The number of hydrogen-bond donors (Lipinski definition) is 0. The third-order valence-electron chi connectivity index (χ3n) is 1.21. The standard InChI is InChI=1S/C6H5FN2O2/c1-4-2-3-5(7)8-6(4)9(10)11/h2-3H,1H3. The van der Waals surface area contributed by atoms with Crippen LogP contribution in [0.2, 0.25) is 0 Å². The van der Waals surface area contributed by atoms with Crippen molar-refractivity contribution < 1.29 is 9.31 Å². The molecule has 58 valence electrons. The normalized spacial score (nSPS) is 9.64. The van der Waals surface area contributed by atoms with Crippen LogP contribution in [-0.2, 0) is 0 Å². The van der Waals surface area contributed by atoms with Gasteiger partial charge in [-0.1, -0.05) is 0 Å². The molecule has 0 saturated carbocycles. The number of rotatable bonds is 1. The zero-order valence-electron chi connectivity index (χ0n) is 5.74. The predicted octanol–water partition coefficient (Wildman–Crippen LogP) is 1.44.